The lowest BCUT2D eigenvalue weighted by molar-refractivity contribution is -0.121. The quantitative estimate of drug-likeness (QED) is 0.864. The van der Waals surface area contributed by atoms with Crippen molar-refractivity contribution in [2.24, 2.45) is 0 Å². The highest BCUT2D eigenvalue weighted by Gasteiger charge is 2.18. The number of halogens is 1. The molecule has 2 unspecified atom stereocenters. The van der Waals surface area contributed by atoms with E-state index in [1.807, 2.05) is 33.8 Å². The Labute approximate surface area is 105 Å². The van der Waals surface area contributed by atoms with Gasteiger partial charge in [0.1, 0.15) is 11.5 Å². The molecule has 0 bridgehead atoms. The molecule has 16 heavy (non-hydrogen) atoms. The van der Waals surface area contributed by atoms with E-state index in [2.05, 4.69) is 21.2 Å². The molecule has 0 radical (unpaired) electrons. The van der Waals surface area contributed by atoms with Crippen LogP contribution in [-0.4, -0.2) is 10.7 Å². The fraction of sp³-hybridized carbons (Fsp3) is 0.583. The number of furan rings is 1. The second kappa shape index (κ2) is 5.53. The van der Waals surface area contributed by atoms with Gasteiger partial charge in [-0.3, -0.25) is 4.79 Å². The predicted molar refractivity (Wildman–Crippen MR) is 67.7 cm³/mol. The van der Waals surface area contributed by atoms with Crippen LogP contribution in [0.2, 0.25) is 0 Å². The van der Waals surface area contributed by atoms with Crippen LogP contribution < -0.4 is 5.32 Å². The molecule has 90 valence electrons. The van der Waals surface area contributed by atoms with Crippen molar-refractivity contribution in [1.29, 1.82) is 0 Å². The zero-order valence-electron chi connectivity index (χ0n) is 10.1. The molecule has 0 aromatic carbocycles. The molecule has 0 aliphatic carbocycles. The maximum Gasteiger partial charge on any atom is 0.234 e. The van der Waals surface area contributed by atoms with Crippen LogP contribution in [0.25, 0.3) is 0 Å². The highest BCUT2D eigenvalue weighted by molar-refractivity contribution is 9.10. The fourth-order valence-corrected chi connectivity index (χ4v) is 1.78. The lowest BCUT2D eigenvalue weighted by Gasteiger charge is -2.15. The average Bonchev–Trinajstić information content (AvgIpc) is 2.56. The molecule has 0 aliphatic heterocycles. The van der Waals surface area contributed by atoms with E-state index in [4.69, 9.17) is 4.42 Å². The van der Waals surface area contributed by atoms with Crippen LogP contribution >= 0.6 is 15.9 Å². The number of amides is 1. The molecule has 0 spiro atoms. The van der Waals surface area contributed by atoms with Gasteiger partial charge in [-0.2, -0.15) is 0 Å². The minimum absolute atomic E-state index is 0.0171. The molecular formula is C12H18BrNO2. The van der Waals surface area contributed by atoms with Crippen LogP contribution in [0.4, 0.5) is 0 Å². The second-order valence-electron chi connectivity index (χ2n) is 3.97. The van der Waals surface area contributed by atoms with Crippen molar-refractivity contribution in [3.63, 3.8) is 0 Å². The molecule has 1 aromatic rings. The van der Waals surface area contributed by atoms with Crippen molar-refractivity contribution in [3.8, 4) is 0 Å². The molecule has 1 N–H and O–H groups in total. The first-order chi connectivity index (χ1) is 7.45. The van der Waals surface area contributed by atoms with Gasteiger partial charge in [0.25, 0.3) is 0 Å². The van der Waals surface area contributed by atoms with Gasteiger partial charge in [0.15, 0.2) is 0 Å². The van der Waals surface area contributed by atoms with E-state index in [9.17, 15) is 4.79 Å². The van der Waals surface area contributed by atoms with E-state index in [1.54, 1.807) is 0 Å². The van der Waals surface area contributed by atoms with Crippen molar-refractivity contribution >= 4 is 21.8 Å². The summed E-state index contributed by atoms with van der Waals surface area (Å²) in [4.78, 5) is 11.6. The number of nitrogens with one attached hydrogen (secondary N) is 1. The zero-order chi connectivity index (χ0) is 12.3. The van der Waals surface area contributed by atoms with E-state index in [0.29, 0.717) is 0 Å². The molecule has 0 fully saturated rings. The van der Waals surface area contributed by atoms with Gasteiger partial charge >= 0.3 is 0 Å². The monoisotopic (exact) mass is 287 g/mol. The summed E-state index contributed by atoms with van der Waals surface area (Å²) in [5.41, 5.74) is 1.04. The Hall–Kier alpha value is -0.770. The Kier molecular flexibility index (Phi) is 4.59. The average molecular weight is 288 g/mol. The lowest BCUT2D eigenvalue weighted by Crippen LogP contribution is -2.32. The van der Waals surface area contributed by atoms with E-state index >= 15 is 0 Å². The Morgan fingerprint density at radius 2 is 2.19 bits per heavy atom. The molecule has 1 rings (SSSR count). The van der Waals surface area contributed by atoms with E-state index in [0.717, 1.165) is 23.5 Å². The number of hydrogen-bond acceptors (Lipinski definition) is 2. The first-order valence-corrected chi connectivity index (χ1v) is 6.38. The Balaban J connectivity index is 2.69. The fourth-order valence-electron chi connectivity index (χ4n) is 1.65. The highest BCUT2D eigenvalue weighted by Crippen LogP contribution is 2.21. The Bertz CT molecular complexity index is 373. The SMILES string of the molecule is CCC(Br)C(=O)NC(C)c1cc(C)oc1C. The number of carbonyl (C=O) groups is 1. The van der Waals surface area contributed by atoms with Gasteiger partial charge in [-0.15, -0.1) is 0 Å². The van der Waals surface area contributed by atoms with Crippen LogP contribution in [0.1, 0.15) is 43.4 Å². The number of carbonyl (C=O) groups excluding carboxylic acids is 1. The second-order valence-corrected chi connectivity index (χ2v) is 5.08. The molecule has 1 heterocycles. The van der Waals surface area contributed by atoms with Crippen LogP contribution in [0.15, 0.2) is 10.5 Å². The lowest BCUT2D eigenvalue weighted by atomic mass is 10.1. The first-order valence-electron chi connectivity index (χ1n) is 5.47. The minimum Gasteiger partial charge on any atom is -0.466 e. The molecule has 1 amide bonds. The van der Waals surface area contributed by atoms with Crippen molar-refractivity contribution in [2.45, 2.75) is 45.0 Å². The number of aryl methyl sites for hydroxylation is 2. The highest BCUT2D eigenvalue weighted by atomic mass is 79.9. The third kappa shape index (κ3) is 3.11. The molecule has 2 atom stereocenters. The van der Waals surface area contributed by atoms with Crippen molar-refractivity contribution in [1.82, 2.24) is 5.32 Å². The third-order valence-electron chi connectivity index (χ3n) is 2.55. The van der Waals surface area contributed by atoms with Crippen LogP contribution in [0.3, 0.4) is 0 Å². The number of hydrogen-bond donors (Lipinski definition) is 1. The van der Waals surface area contributed by atoms with Crippen LogP contribution in [-0.2, 0) is 4.79 Å². The summed E-state index contributed by atoms with van der Waals surface area (Å²) in [7, 11) is 0. The molecule has 0 saturated carbocycles. The molecule has 0 aliphatic rings. The third-order valence-corrected chi connectivity index (χ3v) is 3.61. The van der Waals surface area contributed by atoms with Gasteiger partial charge in [0, 0.05) is 5.56 Å². The van der Waals surface area contributed by atoms with E-state index in [1.165, 1.54) is 0 Å². The first kappa shape index (κ1) is 13.3. The summed E-state index contributed by atoms with van der Waals surface area (Å²) in [6, 6.07) is 1.95. The van der Waals surface area contributed by atoms with Crippen LogP contribution in [0, 0.1) is 13.8 Å². The predicted octanol–water partition coefficient (Wildman–Crippen LogP) is 3.25. The van der Waals surface area contributed by atoms with Gasteiger partial charge in [-0.25, -0.2) is 0 Å². The molecule has 3 nitrogen and oxygen atoms in total. The summed E-state index contributed by atoms with van der Waals surface area (Å²) in [5.74, 6) is 1.76. The summed E-state index contributed by atoms with van der Waals surface area (Å²) < 4.78 is 5.44. The largest absolute Gasteiger partial charge is 0.466 e. The van der Waals surface area contributed by atoms with Crippen molar-refractivity contribution in [3.05, 3.63) is 23.2 Å². The maximum atomic E-state index is 11.7. The normalized spacial score (nSPS) is 14.6. The van der Waals surface area contributed by atoms with Gasteiger partial charge in [-0.1, -0.05) is 22.9 Å². The maximum absolute atomic E-state index is 11.7. The molecular weight excluding hydrogens is 270 g/mol. The Morgan fingerprint density at radius 1 is 1.56 bits per heavy atom. The summed E-state index contributed by atoms with van der Waals surface area (Å²) >= 11 is 3.33. The minimum atomic E-state index is -0.122. The summed E-state index contributed by atoms with van der Waals surface area (Å²) in [5, 5.41) is 2.96. The van der Waals surface area contributed by atoms with Gasteiger partial charge < -0.3 is 9.73 Å². The molecule has 0 saturated heterocycles. The van der Waals surface area contributed by atoms with E-state index in [-0.39, 0.29) is 16.8 Å². The number of rotatable bonds is 4. The Morgan fingerprint density at radius 3 is 2.62 bits per heavy atom. The zero-order valence-corrected chi connectivity index (χ0v) is 11.7. The molecule has 1 aromatic heterocycles. The standard InChI is InChI=1S/C12H18BrNO2/c1-5-11(13)12(15)14-8(3)10-6-7(2)16-9(10)4/h6,8,11H,5H2,1-4H3,(H,14,15). The van der Waals surface area contributed by atoms with Crippen molar-refractivity contribution in [2.75, 3.05) is 0 Å². The van der Waals surface area contributed by atoms with Crippen LogP contribution in [0.5, 0.6) is 0 Å². The molecule has 4 heteroatoms. The van der Waals surface area contributed by atoms with Gasteiger partial charge in [0.2, 0.25) is 5.91 Å². The smallest absolute Gasteiger partial charge is 0.234 e. The van der Waals surface area contributed by atoms with Gasteiger partial charge in [0.05, 0.1) is 10.9 Å². The van der Waals surface area contributed by atoms with Gasteiger partial charge in [-0.05, 0) is 33.3 Å². The van der Waals surface area contributed by atoms with E-state index < -0.39 is 0 Å². The number of alkyl halides is 1. The summed E-state index contributed by atoms with van der Waals surface area (Å²) in [6.45, 7) is 7.75. The summed E-state index contributed by atoms with van der Waals surface area (Å²) in [6.07, 6.45) is 0.780. The topological polar surface area (TPSA) is 42.2 Å². The van der Waals surface area contributed by atoms with Crippen molar-refractivity contribution < 1.29 is 9.21 Å².